The van der Waals surface area contributed by atoms with E-state index in [0.717, 1.165) is 292 Å². The molecule has 0 aliphatic carbocycles. The third kappa shape index (κ3) is 27.0. The number of ether oxygens (including phenoxy) is 7. The number of hydrogen-bond donors (Lipinski definition) is 4. The summed E-state index contributed by atoms with van der Waals surface area (Å²) in [6, 6.07) is 49.2. The van der Waals surface area contributed by atoms with Crippen LogP contribution in [-0.4, -0.2) is 250 Å². The number of rotatable bonds is 35. The molecule has 145 heavy (non-hydrogen) atoms. The van der Waals surface area contributed by atoms with E-state index in [4.69, 9.17) is 64.7 Å². The molecule has 0 radical (unpaired) electrons. The highest BCUT2D eigenvalue weighted by Gasteiger charge is 2.38. The molecule has 8 aromatic heterocycles. The second kappa shape index (κ2) is 49.4. The maximum atomic E-state index is 9.73. The van der Waals surface area contributed by atoms with Crippen molar-refractivity contribution in [1.82, 2.24) is 99.4 Å². The summed E-state index contributed by atoms with van der Waals surface area (Å²) in [6.07, 6.45) is 31.5. The molecule has 3 aliphatic rings. The van der Waals surface area contributed by atoms with E-state index in [1.54, 1.807) is 112 Å². The van der Waals surface area contributed by atoms with Gasteiger partial charge in [-0.25, -0.2) is 19.9 Å². The van der Waals surface area contributed by atoms with Crippen LogP contribution in [0.5, 0.6) is 40.2 Å². The van der Waals surface area contributed by atoms with Crippen LogP contribution in [0, 0.1) is 0 Å². The number of piperidine rings is 1. The van der Waals surface area contributed by atoms with Gasteiger partial charge in [-0.1, -0.05) is 18.5 Å². The Morgan fingerprint density at radius 3 is 0.993 bits per heavy atom. The normalized spacial score (nSPS) is 14.9. The first-order valence-electron chi connectivity index (χ1n) is 48.7. The number of aromatic nitrogens is 16. The van der Waals surface area contributed by atoms with Crippen LogP contribution in [0.4, 0.5) is 45.5 Å². The van der Waals surface area contributed by atoms with Crippen LogP contribution in [0.1, 0.15) is 92.4 Å². The van der Waals surface area contributed by atoms with Gasteiger partial charge in [0.2, 0.25) is 0 Å². The van der Waals surface area contributed by atoms with Gasteiger partial charge in [0.05, 0.1) is 190 Å². The number of aliphatic hydroxyl groups is 2. The molecule has 36 heteroatoms. The van der Waals surface area contributed by atoms with Crippen LogP contribution >= 0.6 is 38.6 Å². The third-order valence-electron chi connectivity index (χ3n) is 26.2. The summed E-state index contributed by atoms with van der Waals surface area (Å²) in [7, 11) is 19.2. The van der Waals surface area contributed by atoms with E-state index in [0.29, 0.717) is 11.1 Å². The van der Waals surface area contributed by atoms with E-state index in [1.807, 2.05) is 168 Å². The fourth-order valence-corrected chi connectivity index (χ4v) is 19.7. The first-order chi connectivity index (χ1) is 69.3. The van der Waals surface area contributed by atoms with Crippen LogP contribution in [0.2, 0.25) is 5.02 Å². The summed E-state index contributed by atoms with van der Waals surface area (Å²) in [4.78, 5) is 51.9. The van der Waals surface area contributed by atoms with E-state index in [9.17, 15) is 10.2 Å². The first-order valence-corrected chi connectivity index (χ1v) is 49.0. The third-order valence-corrected chi connectivity index (χ3v) is 26.5. The van der Waals surface area contributed by atoms with Crippen molar-refractivity contribution in [2.24, 2.45) is 28.2 Å². The zero-order valence-corrected chi connectivity index (χ0v) is 88.4. The SMILES string of the molecule is CCCN(c1ccc2ncc(-c3cnn(C)c3)nc2c1)c1cc(OC)ccc1Cl.COc1cc(OC)cc(N(CCCN2CCC[C@H]2CO)c2ccc3ncc(-c4cnn(C)c4)nc3c2)c1.COc1cc(OC)cc(N(CCCN2CCC[C@H]2CO)c2ccc3ncc(-c4cnn(C)c4)nc3c2)c1.COc1cc(OC)cc(N(CCNC2CC(C)(C)NC(C)(C)C2)c2ccc3ncc(-c4cnn(C)c4)nc3c2)c1.S.S. The lowest BCUT2D eigenvalue weighted by molar-refractivity contribution is 0.147. The van der Waals surface area contributed by atoms with Gasteiger partial charge in [0.1, 0.15) is 40.2 Å². The fraction of sp³-hybridized carbons (Fsp3) is 0.376. The van der Waals surface area contributed by atoms with Crippen molar-refractivity contribution in [1.29, 1.82) is 0 Å². The summed E-state index contributed by atoms with van der Waals surface area (Å²) in [6.45, 7) is 19.6. The molecule has 3 fully saturated rings. The van der Waals surface area contributed by atoms with Gasteiger partial charge in [-0.3, -0.25) is 48.5 Å². The van der Waals surface area contributed by atoms with Crippen molar-refractivity contribution in [3.05, 3.63) is 225 Å². The smallest absolute Gasteiger partial charge is 0.124 e. The van der Waals surface area contributed by atoms with Crippen molar-refractivity contribution in [3.63, 3.8) is 0 Å². The van der Waals surface area contributed by atoms with Gasteiger partial charge in [-0.05, 0) is 184 Å². The summed E-state index contributed by atoms with van der Waals surface area (Å²) in [5.74, 6) is 5.20. The fourth-order valence-electron chi connectivity index (χ4n) is 19.4. The lowest BCUT2D eigenvalue weighted by Gasteiger charge is -2.47. The minimum absolute atomic E-state index is 0. The number of anilines is 8. The van der Waals surface area contributed by atoms with Gasteiger partial charge < -0.3 is 73.6 Å². The number of aliphatic hydroxyl groups excluding tert-OH is 2. The lowest BCUT2D eigenvalue weighted by Crippen LogP contribution is -2.61. The Hall–Kier alpha value is -13.5. The predicted octanol–water partition coefficient (Wildman–Crippen LogP) is 18.6. The van der Waals surface area contributed by atoms with Crippen molar-refractivity contribution >= 4 is 128 Å². The van der Waals surface area contributed by atoms with Crippen molar-refractivity contribution < 1.29 is 43.4 Å². The molecule has 0 saturated carbocycles. The number of nitrogens with one attached hydrogen (secondary N) is 2. The Morgan fingerprint density at radius 1 is 0.379 bits per heavy atom. The molecule has 3 saturated heterocycles. The van der Waals surface area contributed by atoms with Crippen LogP contribution in [0.25, 0.3) is 89.2 Å². The Balaban J connectivity index is 0.000000153. The Morgan fingerprint density at radius 2 is 0.697 bits per heavy atom. The zero-order chi connectivity index (χ0) is 100. The molecule has 16 aromatic rings. The molecule has 4 N–H and O–H groups in total. The minimum Gasteiger partial charge on any atom is -0.497 e. The number of aryl methyl sites for hydroxylation is 4. The molecular formula is C109H135ClN24O9S2. The van der Waals surface area contributed by atoms with Crippen LogP contribution in [0.15, 0.2) is 220 Å². The van der Waals surface area contributed by atoms with E-state index in [-0.39, 0.29) is 63.4 Å². The number of likely N-dealkylation sites (tertiary alicyclic amines) is 2. The number of methoxy groups -OCH3 is 7. The summed E-state index contributed by atoms with van der Waals surface area (Å²) < 4.78 is 45.9. The number of halogens is 1. The molecule has 33 nitrogen and oxygen atoms in total. The largest absolute Gasteiger partial charge is 0.497 e. The van der Waals surface area contributed by atoms with E-state index in [2.05, 4.69) is 151 Å². The molecule has 0 unspecified atom stereocenters. The van der Waals surface area contributed by atoms with Gasteiger partial charge in [-0.2, -0.15) is 47.4 Å². The van der Waals surface area contributed by atoms with Gasteiger partial charge >= 0.3 is 0 Å². The van der Waals surface area contributed by atoms with Crippen LogP contribution in [0.3, 0.4) is 0 Å². The molecule has 3 aliphatic heterocycles. The summed E-state index contributed by atoms with van der Waals surface area (Å²) in [5, 5.41) is 44.8. The van der Waals surface area contributed by atoms with Gasteiger partial charge in [0.25, 0.3) is 0 Å². The second-order valence-corrected chi connectivity index (χ2v) is 38.1. The Labute approximate surface area is 867 Å². The molecule has 19 rings (SSSR count). The van der Waals surface area contributed by atoms with Crippen LogP contribution < -0.4 is 63.4 Å². The number of nitrogens with zero attached hydrogens (tertiary/aromatic N) is 22. The van der Waals surface area contributed by atoms with E-state index >= 15 is 0 Å². The maximum absolute atomic E-state index is 9.73. The zero-order valence-electron chi connectivity index (χ0n) is 85.6. The topological polar surface area (TPSA) is 323 Å². The molecule has 11 heterocycles. The predicted molar refractivity (Wildman–Crippen MR) is 588 cm³/mol. The average Bonchev–Trinajstić information content (AvgIpc) is 0.978. The summed E-state index contributed by atoms with van der Waals surface area (Å²) >= 11 is 6.52. The average molecular weight is 2030 g/mol. The van der Waals surface area contributed by atoms with Gasteiger partial charge in [0, 0.05) is 251 Å². The molecule has 0 bridgehead atoms. The molecule has 0 amide bonds. The van der Waals surface area contributed by atoms with E-state index in [1.165, 1.54) is 0 Å². The molecule has 0 spiro atoms. The van der Waals surface area contributed by atoms with Crippen molar-refractivity contribution in [2.45, 2.75) is 122 Å². The van der Waals surface area contributed by atoms with E-state index < -0.39 is 0 Å². The quantitative estimate of drug-likeness (QED) is 0.0287. The molecular weight excluding hydrogens is 1890 g/mol. The Bertz CT molecular complexity index is 6720. The van der Waals surface area contributed by atoms with Gasteiger partial charge in [-0.15, -0.1) is 0 Å². The first kappa shape index (κ1) is 107. The highest BCUT2D eigenvalue weighted by atomic mass is 35.5. The van der Waals surface area contributed by atoms with Crippen molar-refractivity contribution in [3.8, 4) is 85.3 Å². The van der Waals surface area contributed by atoms with Crippen LogP contribution in [-0.2, 0) is 28.2 Å². The molecule has 2 atom stereocenters. The highest BCUT2D eigenvalue weighted by Crippen LogP contribution is 2.42. The molecule has 764 valence electrons. The maximum Gasteiger partial charge on any atom is 0.124 e. The number of fused-ring (bicyclic) bond motifs is 4. The van der Waals surface area contributed by atoms with Gasteiger partial charge in [0.15, 0.2) is 0 Å². The minimum atomic E-state index is 0. The summed E-state index contributed by atoms with van der Waals surface area (Å²) in [5.41, 5.74) is 21.6. The lowest BCUT2D eigenvalue weighted by atomic mass is 9.79. The monoisotopic (exact) mass is 2020 g/mol. The second-order valence-electron chi connectivity index (χ2n) is 37.6. The van der Waals surface area contributed by atoms with Crippen molar-refractivity contribution in [2.75, 3.05) is 141 Å². The molecule has 8 aromatic carbocycles. The highest BCUT2D eigenvalue weighted by molar-refractivity contribution is 7.59. The number of hydrogen-bond acceptors (Lipinski definition) is 29. The standard InChI is InChI=1S/C31H41N7O2.2C28H34N6O3.C22H22ClN5O.2H2S/c1-30(2)16-22(17-31(3,4)36-30)32-10-11-38(24-12-25(39-6)15-26(13-24)40-7)23-8-9-27-28(14-23)35-29(19-33-27)21-18-34-37(5)20-21;2*1-32-18-20(16-30-32)28-17-29-26-8-7-21(14-27(26)31-28)34(11-5-10-33-9-4-6-22(33)19-35)23-12-24(36-2)15-25(13-23)37-3;1-4-9-28(22-11-17(29-3)6-7-18(22)23)16-5-8-19-20(10-16)26-21(13-24-19)15-12-25-27(2)14-15;;/h8-9,12-15,18-20,22,32,36H,10-11,16-17H2,1-7H3;2*7-8,12-18,22,35H,4-6,9-11,19H2,1-3H3;5-8,10-14H,4,9H2,1-3H3;2*1H2/t;2*22-;;;/m.00.../s1. The number of benzene rings is 8. The Kier molecular flexibility index (Phi) is 36.5.